The van der Waals surface area contributed by atoms with Crippen molar-refractivity contribution in [3.8, 4) is 0 Å². The van der Waals surface area contributed by atoms with Crippen molar-refractivity contribution in [2.45, 2.75) is 81.2 Å². The molecule has 0 unspecified atom stereocenters. The van der Waals surface area contributed by atoms with Crippen LogP contribution >= 0.6 is 0 Å². The highest BCUT2D eigenvalue weighted by atomic mass is 28.4. The minimum absolute atomic E-state index is 0.263. The van der Waals surface area contributed by atoms with Crippen LogP contribution in [0, 0.1) is 0 Å². The molecule has 1 aromatic heterocycles. The highest BCUT2D eigenvalue weighted by molar-refractivity contribution is 6.74. The van der Waals surface area contributed by atoms with Gasteiger partial charge in [0.05, 0.1) is 7.98 Å². The van der Waals surface area contributed by atoms with Crippen LogP contribution in [0.1, 0.15) is 45.9 Å². The van der Waals surface area contributed by atoms with Crippen LogP contribution in [-0.2, 0) is 29.0 Å². The minimum atomic E-state index is -2.63. The molecule has 0 saturated carbocycles. The Bertz CT molecular complexity index is 1700. The van der Waals surface area contributed by atoms with Crippen molar-refractivity contribution < 1.29 is 29.9 Å². The standard InChI is InChI=1S/C36H46N2O8Si/c1-34(2,3)47(6,7)46-31-30(40)28(45-32(31)38-23-20-29(39)37-33(38)41)24-44-36(25-14-10-8-11-15-25,26-16-12-9-13-17-26)27-18-21-35(42-4,43-5)22-19-27/h8-21,23,28,30-32,40H,22,24H2,1-7H3,(H,37,39,41)/t28-,30-,31-,32-/m1/s1/i30D. The third-order valence-corrected chi connectivity index (χ3v) is 14.0. The lowest BCUT2D eigenvalue weighted by atomic mass is 9.77. The second-order valence-electron chi connectivity index (χ2n) is 13.4. The molecule has 1 aliphatic carbocycles. The van der Waals surface area contributed by atoms with Crippen LogP contribution in [0.15, 0.2) is 106 Å². The van der Waals surface area contributed by atoms with Crippen LogP contribution < -0.4 is 11.2 Å². The molecule has 4 atom stereocenters. The van der Waals surface area contributed by atoms with E-state index in [1.807, 2.05) is 113 Å². The maximum absolute atomic E-state index is 13.0. The van der Waals surface area contributed by atoms with Crippen LogP contribution in [0.4, 0.5) is 0 Å². The summed E-state index contributed by atoms with van der Waals surface area (Å²) in [6.07, 6.45) is 1.32. The minimum Gasteiger partial charge on any atom is -0.407 e. The number of ether oxygens (including phenoxy) is 4. The van der Waals surface area contributed by atoms with Gasteiger partial charge in [-0.05, 0) is 40.9 Å². The lowest BCUT2D eigenvalue weighted by Gasteiger charge is -2.40. The number of methoxy groups -OCH3 is 2. The zero-order valence-electron chi connectivity index (χ0n) is 29.1. The highest BCUT2D eigenvalue weighted by Gasteiger charge is 2.52. The number of aromatic amines is 1. The average molecular weight is 664 g/mol. The Kier molecular flexibility index (Phi) is 9.68. The number of aliphatic hydroxyl groups is 1. The zero-order chi connectivity index (χ0) is 35.0. The van der Waals surface area contributed by atoms with Gasteiger partial charge in [0.2, 0.25) is 0 Å². The third kappa shape index (κ3) is 6.79. The Morgan fingerprint density at radius 2 is 1.62 bits per heavy atom. The number of aromatic nitrogens is 2. The SMILES string of the molecule is [2H][C@@]1(O)[C@@H](COC(C2=CCC(OC)(OC)C=C2)(c2ccccc2)c2ccccc2)O[C@@H](n2ccc(=O)[nH]c2=O)[C@@H]1O[Si](C)(C)C(C)(C)C. The van der Waals surface area contributed by atoms with Crippen molar-refractivity contribution in [2.24, 2.45) is 0 Å². The average Bonchev–Trinajstić information content (AvgIpc) is 3.30. The van der Waals surface area contributed by atoms with E-state index in [2.05, 4.69) is 4.98 Å². The highest BCUT2D eigenvalue weighted by Crippen LogP contribution is 2.46. The maximum atomic E-state index is 13.0. The first-order valence-electron chi connectivity index (χ1n) is 16.2. The molecule has 2 heterocycles. The van der Waals surface area contributed by atoms with E-state index in [4.69, 9.17) is 23.4 Å². The van der Waals surface area contributed by atoms with Gasteiger partial charge >= 0.3 is 5.69 Å². The van der Waals surface area contributed by atoms with E-state index >= 15 is 0 Å². The van der Waals surface area contributed by atoms with Gasteiger partial charge in [0.25, 0.3) is 5.56 Å². The van der Waals surface area contributed by atoms with Gasteiger partial charge in [-0.25, -0.2) is 4.79 Å². The van der Waals surface area contributed by atoms with E-state index in [-0.39, 0.29) is 11.6 Å². The summed E-state index contributed by atoms with van der Waals surface area (Å²) in [7, 11) is 0.540. The van der Waals surface area contributed by atoms with E-state index in [0.29, 0.717) is 6.42 Å². The van der Waals surface area contributed by atoms with Crippen molar-refractivity contribution in [3.63, 3.8) is 0 Å². The number of nitrogens with one attached hydrogen (secondary N) is 1. The van der Waals surface area contributed by atoms with Gasteiger partial charge in [-0.1, -0.05) is 93.6 Å². The van der Waals surface area contributed by atoms with Gasteiger partial charge in [-0.2, -0.15) is 0 Å². The van der Waals surface area contributed by atoms with Gasteiger partial charge in [0.15, 0.2) is 20.3 Å². The van der Waals surface area contributed by atoms with Crippen LogP contribution in [0.5, 0.6) is 0 Å². The van der Waals surface area contributed by atoms with E-state index in [1.165, 1.54) is 12.3 Å². The summed E-state index contributed by atoms with van der Waals surface area (Å²) in [6.45, 7) is 9.86. The number of hydrogen-bond acceptors (Lipinski definition) is 8. The van der Waals surface area contributed by atoms with Gasteiger partial charge in [0, 0.05) is 32.9 Å². The van der Waals surface area contributed by atoms with E-state index in [0.717, 1.165) is 21.3 Å². The topological polar surface area (TPSA) is 121 Å². The second kappa shape index (κ2) is 13.6. The molecule has 0 bridgehead atoms. The number of hydrogen-bond donors (Lipinski definition) is 2. The molecule has 47 heavy (non-hydrogen) atoms. The number of nitrogens with zero attached hydrogens (tertiary/aromatic N) is 1. The molecule has 252 valence electrons. The Hall–Kier alpha value is -3.42. The summed E-state index contributed by atoms with van der Waals surface area (Å²) in [5, 5.41) is 11.7. The predicted octanol–water partition coefficient (Wildman–Crippen LogP) is 5.02. The fraction of sp³-hybridized carbons (Fsp3) is 0.444. The monoisotopic (exact) mass is 663 g/mol. The molecule has 0 spiro atoms. The third-order valence-electron chi connectivity index (χ3n) is 9.57. The first-order valence-corrected chi connectivity index (χ1v) is 18.6. The molecule has 0 amide bonds. The predicted molar refractivity (Wildman–Crippen MR) is 182 cm³/mol. The van der Waals surface area contributed by atoms with Crippen LogP contribution in [0.2, 0.25) is 18.1 Å². The molecule has 10 nitrogen and oxygen atoms in total. The van der Waals surface area contributed by atoms with Crippen molar-refractivity contribution in [1.82, 2.24) is 9.55 Å². The molecule has 3 aromatic rings. The molecular weight excluding hydrogens is 616 g/mol. The molecule has 0 radical (unpaired) electrons. The lowest BCUT2D eigenvalue weighted by Crippen LogP contribution is -2.50. The number of rotatable bonds is 11. The summed E-state index contributed by atoms with van der Waals surface area (Å²) in [5.41, 5.74) is -0.124. The van der Waals surface area contributed by atoms with Gasteiger partial charge < -0.3 is 28.5 Å². The maximum Gasteiger partial charge on any atom is 0.330 e. The Morgan fingerprint density at radius 1 is 1.02 bits per heavy atom. The normalized spacial score (nSPS) is 25.0. The molecule has 1 fully saturated rings. The quantitative estimate of drug-likeness (QED) is 0.217. The molecule has 1 aliphatic heterocycles. The van der Waals surface area contributed by atoms with Crippen LogP contribution in [-0.4, -0.2) is 67.9 Å². The van der Waals surface area contributed by atoms with Crippen LogP contribution in [0.25, 0.3) is 0 Å². The summed E-state index contributed by atoms with van der Waals surface area (Å²) in [6, 6.07) is 20.6. The molecule has 2 aliphatic rings. The van der Waals surface area contributed by atoms with E-state index in [9.17, 15) is 16.1 Å². The van der Waals surface area contributed by atoms with Gasteiger partial charge in [0.1, 0.15) is 23.9 Å². The van der Waals surface area contributed by atoms with E-state index < -0.39 is 55.5 Å². The number of benzene rings is 2. The first-order chi connectivity index (χ1) is 22.6. The molecule has 2 N–H and O–H groups in total. The van der Waals surface area contributed by atoms with E-state index in [1.54, 1.807) is 14.2 Å². The summed E-state index contributed by atoms with van der Waals surface area (Å²) >= 11 is 0. The molecular formula is C36H46N2O8Si. The van der Waals surface area contributed by atoms with Crippen molar-refractivity contribution in [3.05, 3.63) is 129 Å². The largest absolute Gasteiger partial charge is 0.407 e. The Morgan fingerprint density at radius 3 is 2.11 bits per heavy atom. The summed E-state index contributed by atoms with van der Waals surface area (Å²) in [4.78, 5) is 27.2. The molecule has 5 rings (SSSR count). The molecule has 1 saturated heterocycles. The van der Waals surface area contributed by atoms with Crippen molar-refractivity contribution in [1.29, 1.82) is 0 Å². The summed E-state index contributed by atoms with van der Waals surface area (Å²) in [5.74, 6) is -0.940. The van der Waals surface area contributed by atoms with Crippen molar-refractivity contribution >= 4 is 8.32 Å². The van der Waals surface area contributed by atoms with Gasteiger partial charge in [-0.3, -0.25) is 14.3 Å². The molecule has 11 heteroatoms. The summed E-state index contributed by atoms with van der Waals surface area (Å²) < 4.78 is 41.9. The fourth-order valence-electron chi connectivity index (χ4n) is 5.76. The first kappa shape index (κ1) is 33.5. The van der Waals surface area contributed by atoms with Crippen LogP contribution in [0.3, 0.4) is 0 Å². The second-order valence-corrected chi connectivity index (χ2v) is 18.2. The smallest absolute Gasteiger partial charge is 0.330 e. The lowest BCUT2D eigenvalue weighted by molar-refractivity contribution is -0.168. The Labute approximate surface area is 278 Å². The number of H-pyrrole nitrogens is 1. The van der Waals surface area contributed by atoms with Crippen molar-refractivity contribution in [2.75, 3.05) is 20.8 Å². The Balaban J connectivity index is 1.60. The zero-order valence-corrected chi connectivity index (χ0v) is 29.1. The fourth-order valence-corrected chi connectivity index (χ4v) is 6.99. The molecule has 2 aromatic carbocycles. The van der Waals surface area contributed by atoms with Gasteiger partial charge in [-0.15, -0.1) is 0 Å².